The van der Waals surface area contributed by atoms with Crippen LogP contribution in [0.2, 0.25) is 0 Å². The number of nitrogens with two attached hydrogens (primary N) is 1. The van der Waals surface area contributed by atoms with Crippen LogP contribution in [0, 0.1) is 23.2 Å². The lowest BCUT2D eigenvalue weighted by Gasteiger charge is -2.58. The molecule has 2 amide bonds. The number of aromatic nitrogens is 1. The van der Waals surface area contributed by atoms with Crippen LogP contribution in [0.4, 0.5) is 0 Å². The molecule has 0 aliphatic heterocycles. The molecule has 0 radical (unpaired) electrons. The summed E-state index contributed by atoms with van der Waals surface area (Å²) >= 11 is 1.46. The molecule has 4 N–H and O–H groups in total. The number of primary amides is 1. The Bertz CT molecular complexity index is 895. The summed E-state index contributed by atoms with van der Waals surface area (Å²) in [6, 6.07) is 0.0544. The highest BCUT2D eigenvalue weighted by Gasteiger charge is 2.55. The van der Waals surface area contributed by atoms with Gasteiger partial charge in [-0.1, -0.05) is 20.3 Å². The van der Waals surface area contributed by atoms with Gasteiger partial charge in [-0.2, -0.15) is 0 Å². The molecule has 9 heteroatoms. The van der Waals surface area contributed by atoms with Crippen LogP contribution >= 0.6 is 11.8 Å². The first-order valence-corrected chi connectivity index (χ1v) is 12.7. The van der Waals surface area contributed by atoms with Crippen molar-refractivity contribution in [2.24, 2.45) is 28.9 Å². The van der Waals surface area contributed by atoms with Crippen LogP contribution in [0.5, 0.6) is 5.88 Å². The molecule has 5 aliphatic carbocycles. The molecule has 5 aliphatic rings. The van der Waals surface area contributed by atoms with E-state index in [1.807, 2.05) is 13.8 Å². The fourth-order valence-corrected chi connectivity index (χ4v) is 7.45. The van der Waals surface area contributed by atoms with Gasteiger partial charge in [0.15, 0.2) is 0 Å². The Morgan fingerprint density at radius 3 is 2.50 bits per heavy atom. The Kier molecular flexibility index (Phi) is 5.47. The predicted molar refractivity (Wildman–Crippen MR) is 118 cm³/mol. The van der Waals surface area contributed by atoms with Crippen molar-refractivity contribution in [1.82, 2.24) is 10.5 Å². The van der Waals surface area contributed by atoms with Crippen molar-refractivity contribution in [3.8, 4) is 5.88 Å². The molecule has 1 heterocycles. The highest BCUT2D eigenvalue weighted by atomic mass is 32.2. The van der Waals surface area contributed by atoms with E-state index in [0.717, 1.165) is 38.5 Å². The zero-order valence-electron chi connectivity index (χ0n) is 18.8. The highest BCUT2D eigenvalue weighted by molar-refractivity contribution is 8.00. The van der Waals surface area contributed by atoms with E-state index < -0.39 is 11.0 Å². The first-order valence-electron chi connectivity index (χ1n) is 11.8. The molecule has 0 spiro atoms. The molecule has 4 bridgehead atoms. The number of thioether (sulfide) groups is 1. The minimum absolute atomic E-state index is 0.0544. The van der Waals surface area contributed by atoms with Crippen molar-refractivity contribution in [3.63, 3.8) is 0 Å². The van der Waals surface area contributed by atoms with Gasteiger partial charge in [-0.3, -0.25) is 9.59 Å². The number of carbonyl (C=O) groups excluding carboxylic acids is 2. The van der Waals surface area contributed by atoms with Crippen LogP contribution in [0.1, 0.15) is 75.8 Å². The number of rotatable bonds is 8. The third kappa shape index (κ3) is 3.81. The fourth-order valence-electron chi connectivity index (χ4n) is 6.55. The summed E-state index contributed by atoms with van der Waals surface area (Å²) in [5.74, 6) is 0.967. The second kappa shape index (κ2) is 7.94. The molecule has 8 nitrogen and oxygen atoms in total. The van der Waals surface area contributed by atoms with Crippen molar-refractivity contribution < 1.29 is 24.0 Å². The van der Waals surface area contributed by atoms with Gasteiger partial charge >= 0.3 is 0 Å². The SMILES string of the molecule is CC(C)Sc1c(OCC2(C(N)=O)CCC2)noc1C(=O)NC1C2CC3CC1CC(O)(C3)C2. The van der Waals surface area contributed by atoms with Gasteiger partial charge in [0.05, 0.1) is 11.0 Å². The molecule has 6 rings (SSSR count). The van der Waals surface area contributed by atoms with E-state index in [4.69, 9.17) is 15.0 Å². The highest BCUT2D eigenvalue weighted by Crippen LogP contribution is 2.55. The summed E-state index contributed by atoms with van der Waals surface area (Å²) in [4.78, 5) is 25.7. The lowest BCUT2D eigenvalue weighted by Crippen LogP contribution is -2.61. The van der Waals surface area contributed by atoms with Crippen LogP contribution in [-0.2, 0) is 4.79 Å². The Morgan fingerprint density at radius 2 is 1.97 bits per heavy atom. The number of nitrogens with zero attached hydrogens (tertiary/aromatic N) is 1. The van der Waals surface area contributed by atoms with Gasteiger partial charge in [0.2, 0.25) is 11.7 Å². The van der Waals surface area contributed by atoms with Crippen LogP contribution in [0.15, 0.2) is 9.42 Å². The van der Waals surface area contributed by atoms with Gasteiger partial charge in [0.25, 0.3) is 11.8 Å². The van der Waals surface area contributed by atoms with Crippen molar-refractivity contribution >= 4 is 23.6 Å². The van der Waals surface area contributed by atoms with Gasteiger partial charge in [-0.25, -0.2) is 0 Å². The molecule has 176 valence electrons. The summed E-state index contributed by atoms with van der Waals surface area (Å²) in [7, 11) is 0. The summed E-state index contributed by atoms with van der Waals surface area (Å²) in [5, 5.41) is 18.2. The first kappa shape index (κ1) is 22.1. The Morgan fingerprint density at radius 1 is 1.28 bits per heavy atom. The lowest BCUT2D eigenvalue weighted by molar-refractivity contribution is -0.137. The smallest absolute Gasteiger partial charge is 0.291 e. The number of hydrogen-bond acceptors (Lipinski definition) is 7. The fraction of sp³-hybridized carbons (Fsp3) is 0.783. The minimum atomic E-state index is -0.651. The topological polar surface area (TPSA) is 128 Å². The van der Waals surface area contributed by atoms with E-state index in [1.54, 1.807) is 0 Å². The normalized spacial score (nSPS) is 34.4. The van der Waals surface area contributed by atoms with Crippen LogP contribution < -0.4 is 15.8 Å². The standard InChI is InChI=1S/C23H33N3O5S/c1-12(2)32-18-17(31-26-20(18)30-11-22(21(24)28)4-3-5-22)19(27)25-16-14-6-13-7-15(16)10-23(29,8-13)9-14/h12-16,29H,3-11H2,1-2H3,(H2,24,28)(H,25,27). The third-order valence-corrected chi connectivity index (χ3v) is 9.10. The molecular formula is C23H33N3O5S. The van der Waals surface area contributed by atoms with E-state index in [0.29, 0.717) is 35.5 Å². The second-order valence-corrected chi connectivity index (χ2v) is 12.4. The van der Waals surface area contributed by atoms with Gasteiger partial charge < -0.3 is 25.4 Å². The summed E-state index contributed by atoms with van der Waals surface area (Å²) in [6.07, 6.45) is 6.93. The van der Waals surface area contributed by atoms with E-state index in [2.05, 4.69) is 10.5 Å². The van der Waals surface area contributed by atoms with Crippen LogP contribution in [0.3, 0.4) is 0 Å². The predicted octanol–water partition coefficient (Wildman–Crippen LogP) is 2.88. The molecular weight excluding hydrogens is 430 g/mol. The summed E-state index contributed by atoms with van der Waals surface area (Å²) < 4.78 is 11.4. The third-order valence-electron chi connectivity index (χ3n) is 8.04. The molecule has 5 saturated carbocycles. The Hall–Kier alpha value is -1.74. The number of amides is 2. The molecule has 5 fully saturated rings. The average molecular weight is 464 g/mol. The molecule has 2 atom stereocenters. The second-order valence-electron chi connectivity index (χ2n) is 10.8. The summed E-state index contributed by atoms with van der Waals surface area (Å²) in [5.41, 5.74) is 4.40. The van der Waals surface area contributed by atoms with Crippen molar-refractivity contribution in [3.05, 3.63) is 5.76 Å². The monoisotopic (exact) mass is 463 g/mol. The maximum Gasteiger partial charge on any atom is 0.291 e. The van der Waals surface area contributed by atoms with E-state index in [9.17, 15) is 14.7 Å². The minimum Gasteiger partial charge on any atom is -0.474 e. The molecule has 1 aromatic heterocycles. The number of ether oxygens (including phenoxy) is 1. The Labute approximate surface area is 192 Å². The molecule has 0 aromatic carbocycles. The largest absolute Gasteiger partial charge is 0.474 e. The zero-order chi connectivity index (χ0) is 22.7. The molecule has 1 aromatic rings. The number of hydrogen-bond donors (Lipinski definition) is 3. The number of carbonyl (C=O) groups is 2. The number of aliphatic hydroxyl groups is 1. The maximum absolute atomic E-state index is 13.3. The molecule has 32 heavy (non-hydrogen) atoms. The quantitative estimate of drug-likeness (QED) is 0.506. The van der Waals surface area contributed by atoms with Crippen LogP contribution in [0.25, 0.3) is 0 Å². The van der Waals surface area contributed by atoms with Crippen molar-refractivity contribution in [2.45, 2.75) is 87.0 Å². The maximum atomic E-state index is 13.3. The Balaban J connectivity index is 1.32. The van der Waals surface area contributed by atoms with Gasteiger partial charge in [-0.05, 0) is 67.9 Å². The first-order chi connectivity index (χ1) is 15.2. The van der Waals surface area contributed by atoms with Gasteiger partial charge in [-0.15, -0.1) is 11.8 Å². The number of nitrogens with one attached hydrogen (secondary N) is 1. The van der Waals surface area contributed by atoms with Crippen molar-refractivity contribution in [1.29, 1.82) is 0 Å². The van der Waals surface area contributed by atoms with E-state index in [-0.39, 0.29) is 41.4 Å². The molecule has 0 saturated heterocycles. The lowest BCUT2D eigenvalue weighted by atomic mass is 9.52. The molecule has 2 unspecified atom stereocenters. The van der Waals surface area contributed by atoms with Crippen LogP contribution in [-0.4, -0.2) is 45.6 Å². The average Bonchev–Trinajstić information content (AvgIpc) is 3.04. The van der Waals surface area contributed by atoms with Gasteiger partial charge in [0, 0.05) is 11.3 Å². The van der Waals surface area contributed by atoms with Gasteiger partial charge in [0.1, 0.15) is 11.5 Å². The zero-order valence-corrected chi connectivity index (χ0v) is 19.6. The summed E-state index contributed by atoms with van der Waals surface area (Å²) in [6.45, 7) is 4.20. The van der Waals surface area contributed by atoms with E-state index >= 15 is 0 Å². The van der Waals surface area contributed by atoms with Crippen molar-refractivity contribution in [2.75, 3.05) is 6.61 Å². The van der Waals surface area contributed by atoms with E-state index in [1.165, 1.54) is 11.8 Å².